The van der Waals surface area contributed by atoms with E-state index in [1.807, 2.05) is 19.1 Å². The SMILES string of the molecule is CCOC(=O)CCCCCCN=C(N)Nc1cc(C)cc(C)c1. The zero-order valence-corrected chi connectivity index (χ0v) is 14.5. The number of rotatable bonds is 9. The molecule has 0 radical (unpaired) electrons. The number of nitrogens with two attached hydrogens (primary N) is 1. The first-order valence-electron chi connectivity index (χ1n) is 8.32. The van der Waals surface area contributed by atoms with E-state index in [0.717, 1.165) is 31.4 Å². The smallest absolute Gasteiger partial charge is 0.305 e. The number of nitrogens with zero attached hydrogens (tertiary/aromatic N) is 1. The Hall–Kier alpha value is -2.04. The second-order valence-electron chi connectivity index (χ2n) is 5.74. The Labute approximate surface area is 139 Å². The first-order valence-corrected chi connectivity index (χ1v) is 8.32. The predicted molar refractivity (Wildman–Crippen MR) is 95.7 cm³/mol. The van der Waals surface area contributed by atoms with Crippen LogP contribution in [0.2, 0.25) is 0 Å². The van der Waals surface area contributed by atoms with Gasteiger partial charge in [-0.25, -0.2) is 0 Å². The molecule has 0 aliphatic rings. The zero-order chi connectivity index (χ0) is 17.1. The second-order valence-corrected chi connectivity index (χ2v) is 5.74. The molecule has 1 rings (SSSR count). The van der Waals surface area contributed by atoms with Crippen LogP contribution in [0.15, 0.2) is 23.2 Å². The van der Waals surface area contributed by atoms with E-state index in [9.17, 15) is 4.79 Å². The molecule has 0 spiro atoms. The van der Waals surface area contributed by atoms with Crippen molar-refractivity contribution in [2.75, 3.05) is 18.5 Å². The van der Waals surface area contributed by atoms with Gasteiger partial charge in [-0.3, -0.25) is 9.79 Å². The third kappa shape index (κ3) is 8.86. The highest BCUT2D eigenvalue weighted by molar-refractivity contribution is 5.92. The summed E-state index contributed by atoms with van der Waals surface area (Å²) in [5.74, 6) is 0.342. The maximum absolute atomic E-state index is 11.2. The van der Waals surface area contributed by atoms with Gasteiger partial charge in [-0.1, -0.05) is 18.9 Å². The van der Waals surface area contributed by atoms with Crippen LogP contribution >= 0.6 is 0 Å². The summed E-state index contributed by atoms with van der Waals surface area (Å²) in [5.41, 5.74) is 9.26. The number of aryl methyl sites for hydroxylation is 2. The van der Waals surface area contributed by atoms with Crippen molar-refractivity contribution in [1.29, 1.82) is 0 Å². The lowest BCUT2D eigenvalue weighted by atomic mass is 10.1. The Morgan fingerprint density at radius 3 is 2.43 bits per heavy atom. The van der Waals surface area contributed by atoms with Crippen LogP contribution in [0.25, 0.3) is 0 Å². The van der Waals surface area contributed by atoms with Gasteiger partial charge >= 0.3 is 5.97 Å². The third-order valence-electron chi connectivity index (χ3n) is 3.37. The van der Waals surface area contributed by atoms with E-state index in [4.69, 9.17) is 10.5 Å². The summed E-state index contributed by atoms with van der Waals surface area (Å²) in [6, 6.07) is 6.21. The van der Waals surface area contributed by atoms with E-state index < -0.39 is 0 Å². The van der Waals surface area contributed by atoms with E-state index >= 15 is 0 Å². The predicted octanol–water partition coefficient (Wildman–Crippen LogP) is 3.54. The number of anilines is 1. The molecule has 0 heterocycles. The van der Waals surface area contributed by atoms with Crippen LogP contribution in [0.1, 0.15) is 50.2 Å². The molecule has 0 amide bonds. The van der Waals surface area contributed by atoms with Crippen molar-refractivity contribution in [1.82, 2.24) is 0 Å². The summed E-state index contributed by atoms with van der Waals surface area (Å²) in [4.78, 5) is 15.5. The van der Waals surface area contributed by atoms with Gasteiger partial charge in [0.05, 0.1) is 6.61 Å². The number of nitrogens with one attached hydrogen (secondary N) is 1. The minimum Gasteiger partial charge on any atom is -0.466 e. The minimum atomic E-state index is -0.104. The van der Waals surface area contributed by atoms with Gasteiger partial charge in [-0.05, 0) is 56.9 Å². The molecule has 0 aliphatic heterocycles. The van der Waals surface area contributed by atoms with Crippen LogP contribution in [-0.4, -0.2) is 25.1 Å². The van der Waals surface area contributed by atoms with Crippen LogP contribution in [-0.2, 0) is 9.53 Å². The number of hydrogen-bond acceptors (Lipinski definition) is 3. The summed E-state index contributed by atoms with van der Waals surface area (Å²) >= 11 is 0. The van der Waals surface area contributed by atoms with E-state index in [2.05, 4.69) is 30.2 Å². The van der Waals surface area contributed by atoms with Crippen molar-refractivity contribution >= 4 is 17.6 Å². The lowest BCUT2D eigenvalue weighted by molar-refractivity contribution is -0.143. The van der Waals surface area contributed by atoms with Crippen molar-refractivity contribution in [2.24, 2.45) is 10.7 Å². The van der Waals surface area contributed by atoms with Gasteiger partial charge in [0.15, 0.2) is 5.96 Å². The maximum atomic E-state index is 11.2. The topological polar surface area (TPSA) is 76.7 Å². The van der Waals surface area contributed by atoms with Gasteiger partial charge in [-0.2, -0.15) is 0 Å². The van der Waals surface area contributed by atoms with Crippen molar-refractivity contribution in [3.63, 3.8) is 0 Å². The molecule has 5 nitrogen and oxygen atoms in total. The van der Waals surface area contributed by atoms with Gasteiger partial charge in [-0.15, -0.1) is 0 Å². The average molecular weight is 319 g/mol. The fourth-order valence-electron chi connectivity index (χ4n) is 2.40. The number of ether oxygens (including phenoxy) is 1. The third-order valence-corrected chi connectivity index (χ3v) is 3.37. The summed E-state index contributed by atoms with van der Waals surface area (Å²) in [5, 5.41) is 3.12. The molecule has 0 unspecified atom stereocenters. The Morgan fingerprint density at radius 2 is 1.78 bits per heavy atom. The average Bonchev–Trinajstić information content (AvgIpc) is 2.45. The van der Waals surface area contributed by atoms with Crippen molar-refractivity contribution in [2.45, 2.75) is 52.9 Å². The molecule has 23 heavy (non-hydrogen) atoms. The highest BCUT2D eigenvalue weighted by Gasteiger charge is 2.01. The van der Waals surface area contributed by atoms with Gasteiger partial charge in [0.1, 0.15) is 0 Å². The van der Waals surface area contributed by atoms with Crippen molar-refractivity contribution in [3.8, 4) is 0 Å². The summed E-state index contributed by atoms with van der Waals surface area (Å²) in [7, 11) is 0. The minimum absolute atomic E-state index is 0.104. The van der Waals surface area contributed by atoms with Gasteiger partial charge in [0, 0.05) is 18.7 Å². The Kier molecular flexibility index (Phi) is 8.80. The fourth-order valence-corrected chi connectivity index (χ4v) is 2.40. The zero-order valence-electron chi connectivity index (χ0n) is 14.5. The van der Waals surface area contributed by atoms with E-state index in [1.54, 1.807) is 0 Å². The maximum Gasteiger partial charge on any atom is 0.305 e. The molecule has 0 fully saturated rings. The number of carbonyl (C=O) groups is 1. The largest absolute Gasteiger partial charge is 0.466 e. The van der Waals surface area contributed by atoms with Gasteiger partial charge in [0.2, 0.25) is 0 Å². The highest BCUT2D eigenvalue weighted by Crippen LogP contribution is 2.13. The number of unbranched alkanes of at least 4 members (excludes halogenated alkanes) is 3. The number of esters is 1. The first kappa shape index (κ1) is 19.0. The molecule has 0 aliphatic carbocycles. The summed E-state index contributed by atoms with van der Waals surface area (Å²) in [6.45, 7) is 7.10. The van der Waals surface area contributed by atoms with Crippen molar-refractivity contribution in [3.05, 3.63) is 29.3 Å². The quantitative estimate of drug-likeness (QED) is 0.316. The van der Waals surface area contributed by atoms with Crippen LogP contribution in [0.4, 0.5) is 5.69 Å². The number of guanidine groups is 1. The molecule has 0 atom stereocenters. The van der Waals surface area contributed by atoms with Crippen molar-refractivity contribution < 1.29 is 9.53 Å². The Morgan fingerprint density at radius 1 is 1.13 bits per heavy atom. The van der Waals surface area contributed by atoms with Crippen LogP contribution in [0.3, 0.4) is 0 Å². The Balaban J connectivity index is 2.18. The highest BCUT2D eigenvalue weighted by atomic mass is 16.5. The molecular weight excluding hydrogens is 290 g/mol. The standard InChI is InChI=1S/C18H29N3O2/c1-4-23-17(22)9-7-5-6-8-10-20-18(19)21-16-12-14(2)11-15(3)13-16/h11-13H,4-10H2,1-3H3,(H3,19,20,21). The van der Waals surface area contributed by atoms with Gasteiger partial charge < -0.3 is 15.8 Å². The number of hydrogen-bond donors (Lipinski definition) is 2. The second kappa shape index (κ2) is 10.6. The fraction of sp³-hybridized carbons (Fsp3) is 0.556. The summed E-state index contributed by atoms with van der Waals surface area (Å²) < 4.78 is 4.89. The number of benzene rings is 1. The molecule has 3 N–H and O–H groups in total. The molecule has 128 valence electrons. The molecule has 1 aromatic rings. The molecule has 0 aromatic heterocycles. The molecule has 5 heteroatoms. The van der Waals surface area contributed by atoms with Gasteiger partial charge in [0.25, 0.3) is 0 Å². The first-order chi connectivity index (χ1) is 11.0. The molecular formula is C18H29N3O2. The monoisotopic (exact) mass is 319 g/mol. The number of carbonyl (C=O) groups excluding carboxylic acids is 1. The van der Waals surface area contributed by atoms with E-state index in [0.29, 0.717) is 25.5 Å². The molecule has 0 saturated heterocycles. The lowest BCUT2D eigenvalue weighted by Gasteiger charge is -2.08. The molecule has 0 bridgehead atoms. The van der Waals surface area contributed by atoms with Crippen LogP contribution in [0.5, 0.6) is 0 Å². The van der Waals surface area contributed by atoms with E-state index in [-0.39, 0.29) is 5.97 Å². The number of aliphatic imine (C=N–C) groups is 1. The lowest BCUT2D eigenvalue weighted by Crippen LogP contribution is -2.23. The van der Waals surface area contributed by atoms with E-state index in [1.165, 1.54) is 11.1 Å². The molecule has 0 saturated carbocycles. The normalized spacial score (nSPS) is 11.3. The van der Waals surface area contributed by atoms with Crippen LogP contribution < -0.4 is 11.1 Å². The van der Waals surface area contributed by atoms with Crippen LogP contribution in [0, 0.1) is 13.8 Å². The molecule has 1 aromatic carbocycles. The summed E-state index contributed by atoms with van der Waals surface area (Å²) in [6.07, 6.45) is 4.41. The Bertz CT molecular complexity index is 507.